The lowest BCUT2D eigenvalue weighted by molar-refractivity contribution is -0.150. The molecule has 1 N–H and O–H groups in total. The van der Waals surface area contributed by atoms with Gasteiger partial charge in [0.1, 0.15) is 29.8 Å². The number of Topliss-reactive ketones (excluding diaryl/α,β-unsaturated/α-hetero) is 1. The lowest BCUT2D eigenvalue weighted by Crippen LogP contribution is -2.33. The topological polar surface area (TPSA) is 72.8 Å². The zero-order valence-corrected chi connectivity index (χ0v) is 11.0. The number of fused-ring (bicyclic) bond motifs is 1. The molecule has 5 heteroatoms. The molecule has 106 valence electrons. The Kier molecular flexibility index (Phi) is 3.44. The normalized spacial score (nSPS) is 28.2. The Bertz CT molecular complexity index is 540. The number of hydrogen-bond donors (Lipinski definition) is 1. The van der Waals surface area contributed by atoms with Crippen LogP contribution in [0.2, 0.25) is 0 Å². The fourth-order valence-corrected chi connectivity index (χ4v) is 2.73. The maximum absolute atomic E-state index is 12.0. The Labute approximate surface area is 116 Å². The molecule has 3 rings (SSSR count). The summed E-state index contributed by atoms with van der Waals surface area (Å²) in [6.07, 6.45) is 6.70. The third kappa shape index (κ3) is 2.41. The second-order valence-corrected chi connectivity index (χ2v) is 5.30. The first kappa shape index (κ1) is 13.1. The largest absolute Gasteiger partial charge is 0.489 e. The van der Waals surface area contributed by atoms with Gasteiger partial charge in [0.2, 0.25) is 0 Å². The van der Waals surface area contributed by atoms with Crippen LogP contribution in [0.4, 0.5) is 0 Å². The molecule has 2 aliphatic carbocycles. The van der Waals surface area contributed by atoms with E-state index in [9.17, 15) is 9.59 Å². The van der Waals surface area contributed by atoms with Crippen LogP contribution in [0, 0.1) is 11.8 Å². The van der Waals surface area contributed by atoms with E-state index < -0.39 is 11.9 Å². The van der Waals surface area contributed by atoms with Gasteiger partial charge in [-0.3, -0.25) is 9.59 Å². The Hall–Kier alpha value is -1.88. The fourth-order valence-electron chi connectivity index (χ4n) is 2.73. The van der Waals surface area contributed by atoms with Crippen LogP contribution in [0.25, 0.3) is 0 Å². The molecular formula is C15H16O5. The first-order valence-electron chi connectivity index (χ1n) is 6.79. The van der Waals surface area contributed by atoms with Crippen molar-refractivity contribution >= 4 is 11.8 Å². The molecule has 0 bridgehead atoms. The Balaban J connectivity index is 1.62. The molecule has 20 heavy (non-hydrogen) atoms. The van der Waals surface area contributed by atoms with E-state index in [1.807, 2.05) is 6.08 Å². The van der Waals surface area contributed by atoms with Gasteiger partial charge in [0.15, 0.2) is 0 Å². The lowest BCUT2D eigenvalue weighted by atomic mass is 9.81. The van der Waals surface area contributed by atoms with Gasteiger partial charge in [0.05, 0.1) is 0 Å². The van der Waals surface area contributed by atoms with Crippen molar-refractivity contribution in [2.75, 3.05) is 13.2 Å². The van der Waals surface area contributed by atoms with Crippen molar-refractivity contribution < 1.29 is 24.2 Å². The average molecular weight is 276 g/mol. The molecule has 0 saturated heterocycles. The molecule has 1 saturated carbocycles. The van der Waals surface area contributed by atoms with Gasteiger partial charge in [-0.1, -0.05) is 0 Å². The van der Waals surface area contributed by atoms with Crippen molar-refractivity contribution in [2.45, 2.75) is 19.3 Å². The van der Waals surface area contributed by atoms with Crippen molar-refractivity contribution in [3.63, 3.8) is 0 Å². The molecule has 0 amide bonds. The number of allylic oxidation sites excluding steroid dienone is 2. The number of carbonyl (C=O) groups is 2. The summed E-state index contributed by atoms with van der Waals surface area (Å²) in [5.74, 6) is -0.224. The van der Waals surface area contributed by atoms with E-state index in [0.717, 1.165) is 5.57 Å². The molecule has 1 fully saturated rings. The molecule has 3 aliphatic rings. The maximum Gasteiger partial charge on any atom is 0.321 e. The number of aliphatic hydroxyl groups excluding tert-OH is 1. The summed E-state index contributed by atoms with van der Waals surface area (Å²) in [4.78, 5) is 23.9. The summed E-state index contributed by atoms with van der Waals surface area (Å²) in [6.45, 7) is 0.540. The van der Waals surface area contributed by atoms with E-state index in [2.05, 4.69) is 0 Å². The van der Waals surface area contributed by atoms with Gasteiger partial charge in [0.25, 0.3) is 0 Å². The van der Waals surface area contributed by atoms with E-state index in [-0.39, 0.29) is 24.7 Å². The Morgan fingerprint density at radius 3 is 2.95 bits per heavy atom. The van der Waals surface area contributed by atoms with E-state index in [4.69, 9.17) is 14.6 Å². The molecule has 5 nitrogen and oxygen atoms in total. The average Bonchev–Trinajstić information content (AvgIpc) is 2.99. The van der Waals surface area contributed by atoms with Gasteiger partial charge in [-0.2, -0.15) is 0 Å². The maximum atomic E-state index is 12.0. The van der Waals surface area contributed by atoms with Gasteiger partial charge in [-0.05, 0) is 30.9 Å². The van der Waals surface area contributed by atoms with Crippen LogP contribution in [-0.4, -0.2) is 30.1 Å². The number of ether oxygens (including phenoxy) is 2. The van der Waals surface area contributed by atoms with Gasteiger partial charge in [0, 0.05) is 24.7 Å². The smallest absolute Gasteiger partial charge is 0.321 e. The van der Waals surface area contributed by atoms with Gasteiger partial charge in [-0.25, -0.2) is 0 Å². The Morgan fingerprint density at radius 1 is 1.40 bits per heavy atom. The van der Waals surface area contributed by atoms with E-state index in [0.29, 0.717) is 31.0 Å². The summed E-state index contributed by atoms with van der Waals surface area (Å²) in [5, 5.41) is 9.05. The molecule has 0 aromatic carbocycles. The standard InChI is InChI=1S/C15H16O5/c16-8-9-1-2-12(13(17)5-9)15(18)20-11-6-10-3-4-19-14(10)7-11/h3,6-7,9,12,16H,1-2,4-5,8H2. The SMILES string of the molecule is O=C1CC(CO)CCC1C(=O)OC1=CC2=CCOC2=C1. The number of ketones is 1. The third-order valence-corrected chi connectivity index (χ3v) is 3.90. The highest BCUT2D eigenvalue weighted by Crippen LogP contribution is 2.31. The second-order valence-electron chi connectivity index (χ2n) is 5.30. The van der Waals surface area contributed by atoms with Crippen molar-refractivity contribution in [1.82, 2.24) is 0 Å². The van der Waals surface area contributed by atoms with Gasteiger partial charge < -0.3 is 14.6 Å². The van der Waals surface area contributed by atoms with Crippen LogP contribution in [0.3, 0.4) is 0 Å². The van der Waals surface area contributed by atoms with E-state index in [1.54, 1.807) is 12.2 Å². The van der Waals surface area contributed by atoms with Gasteiger partial charge in [-0.15, -0.1) is 0 Å². The zero-order valence-electron chi connectivity index (χ0n) is 11.0. The minimum absolute atomic E-state index is 0.00372. The molecule has 0 aromatic heterocycles. The van der Waals surface area contributed by atoms with Gasteiger partial charge >= 0.3 is 5.97 Å². The van der Waals surface area contributed by atoms with Crippen LogP contribution in [0.5, 0.6) is 0 Å². The first-order chi connectivity index (χ1) is 9.67. The number of rotatable bonds is 3. The van der Waals surface area contributed by atoms with Crippen LogP contribution in [0.15, 0.2) is 35.3 Å². The quantitative estimate of drug-likeness (QED) is 0.620. The summed E-state index contributed by atoms with van der Waals surface area (Å²) >= 11 is 0. The number of aliphatic hydroxyl groups is 1. The van der Waals surface area contributed by atoms with Crippen molar-refractivity contribution in [3.05, 3.63) is 35.3 Å². The third-order valence-electron chi connectivity index (χ3n) is 3.90. The number of hydrogen-bond acceptors (Lipinski definition) is 5. The molecule has 0 aromatic rings. The van der Waals surface area contributed by atoms with Crippen molar-refractivity contribution in [1.29, 1.82) is 0 Å². The molecule has 0 spiro atoms. The summed E-state index contributed by atoms with van der Waals surface area (Å²) < 4.78 is 10.6. The van der Waals surface area contributed by atoms with Crippen LogP contribution in [0.1, 0.15) is 19.3 Å². The highest BCUT2D eigenvalue weighted by molar-refractivity contribution is 6.00. The molecule has 0 radical (unpaired) electrons. The second kappa shape index (κ2) is 5.25. The van der Waals surface area contributed by atoms with Crippen LogP contribution in [-0.2, 0) is 19.1 Å². The number of carbonyl (C=O) groups excluding carboxylic acids is 2. The highest BCUT2D eigenvalue weighted by atomic mass is 16.5. The summed E-state index contributed by atoms with van der Waals surface area (Å²) in [6, 6.07) is 0. The minimum Gasteiger partial charge on any atom is -0.489 e. The predicted octanol–water partition coefficient (Wildman–Crippen LogP) is 1.25. The lowest BCUT2D eigenvalue weighted by Gasteiger charge is -2.24. The zero-order chi connectivity index (χ0) is 14.1. The molecule has 2 atom stereocenters. The molecular weight excluding hydrogens is 260 g/mol. The first-order valence-corrected chi connectivity index (χ1v) is 6.79. The van der Waals surface area contributed by atoms with E-state index in [1.165, 1.54) is 0 Å². The molecule has 2 unspecified atom stereocenters. The summed E-state index contributed by atoms with van der Waals surface area (Å²) in [7, 11) is 0. The number of esters is 1. The summed E-state index contributed by atoms with van der Waals surface area (Å²) in [5.41, 5.74) is 0.920. The Morgan fingerprint density at radius 2 is 2.25 bits per heavy atom. The minimum atomic E-state index is -0.701. The highest BCUT2D eigenvalue weighted by Gasteiger charge is 2.35. The van der Waals surface area contributed by atoms with Crippen LogP contribution < -0.4 is 0 Å². The predicted molar refractivity (Wildman–Crippen MR) is 69.2 cm³/mol. The molecule has 1 heterocycles. The van der Waals surface area contributed by atoms with Crippen molar-refractivity contribution in [3.8, 4) is 0 Å². The monoisotopic (exact) mass is 276 g/mol. The molecule has 1 aliphatic heterocycles. The van der Waals surface area contributed by atoms with Crippen molar-refractivity contribution in [2.24, 2.45) is 11.8 Å². The fraction of sp³-hybridized carbons (Fsp3) is 0.467. The van der Waals surface area contributed by atoms with Crippen LogP contribution >= 0.6 is 0 Å². The van der Waals surface area contributed by atoms with E-state index >= 15 is 0 Å².